The van der Waals surface area contributed by atoms with Crippen LogP contribution in [0.3, 0.4) is 0 Å². The van der Waals surface area contributed by atoms with E-state index < -0.39 is 17.7 Å². The summed E-state index contributed by atoms with van der Waals surface area (Å²) in [4.78, 5) is 31.9. The maximum absolute atomic E-state index is 13.2. The first-order valence-electron chi connectivity index (χ1n) is 9.56. The van der Waals surface area contributed by atoms with E-state index in [9.17, 15) is 14.7 Å². The van der Waals surface area contributed by atoms with Gasteiger partial charge >= 0.3 is 0 Å². The molecular formula is C24H19ClN2O3. The lowest BCUT2D eigenvalue weighted by molar-refractivity contribution is -0.118. The van der Waals surface area contributed by atoms with Gasteiger partial charge in [-0.3, -0.25) is 19.5 Å². The number of carbonyl (C=O) groups excluding carboxylic acids is 2. The van der Waals surface area contributed by atoms with Crippen LogP contribution in [0, 0.1) is 0 Å². The largest absolute Gasteiger partial charge is 0.503 e. The van der Waals surface area contributed by atoms with Crippen molar-refractivity contribution in [3.05, 3.63) is 107 Å². The standard InChI is InChI=1S/C24H19ClN2O3/c25-17-9-6-10-18(15-17)27-22(19-11-4-5-14-26-19)21(23(29)24(27)30)20(28)13-12-16-7-2-1-3-8-16/h1-11,14-15,22,29H,12-13H2. The number of hydrogen-bond acceptors (Lipinski definition) is 4. The second kappa shape index (κ2) is 8.51. The Morgan fingerprint density at radius 1 is 1.03 bits per heavy atom. The van der Waals surface area contributed by atoms with Crippen molar-refractivity contribution in [2.75, 3.05) is 4.90 Å². The van der Waals surface area contributed by atoms with Crippen LogP contribution in [0.1, 0.15) is 23.7 Å². The van der Waals surface area contributed by atoms with Crippen molar-refractivity contribution in [1.29, 1.82) is 0 Å². The zero-order valence-electron chi connectivity index (χ0n) is 16.0. The van der Waals surface area contributed by atoms with Crippen LogP contribution in [-0.2, 0) is 16.0 Å². The lowest BCUT2D eigenvalue weighted by Crippen LogP contribution is -2.31. The van der Waals surface area contributed by atoms with E-state index in [1.54, 1.807) is 48.7 Å². The fourth-order valence-corrected chi connectivity index (χ4v) is 3.82. The number of aryl methyl sites for hydroxylation is 1. The molecule has 0 bridgehead atoms. The number of aliphatic hydroxyl groups excluding tert-OH is 1. The van der Waals surface area contributed by atoms with Crippen LogP contribution in [0.4, 0.5) is 5.69 Å². The molecule has 0 saturated carbocycles. The van der Waals surface area contributed by atoms with Crippen molar-refractivity contribution in [3.63, 3.8) is 0 Å². The van der Waals surface area contributed by atoms with Crippen LogP contribution in [-0.4, -0.2) is 21.8 Å². The molecule has 30 heavy (non-hydrogen) atoms. The number of benzene rings is 2. The second-order valence-corrected chi connectivity index (χ2v) is 7.42. The average Bonchev–Trinajstić information content (AvgIpc) is 3.04. The summed E-state index contributed by atoms with van der Waals surface area (Å²) >= 11 is 6.12. The molecule has 5 nitrogen and oxygen atoms in total. The molecule has 1 unspecified atom stereocenters. The van der Waals surface area contributed by atoms with E-state index >= 15 is 0 Å². The van der Waals surface area contributed by atoms with Crippen LogP contribution in [0.2, 0.25) is 5.02 Å². The fraction of sp³-hybridized carbons (Fsp3) is 0.125. The fourth-order valence-electron chi connectivity index (χ4n) is 3.64. The number of nitrogens with zero attached hydrogens (tertiary/aromatic N) is 2. The topological polar surface area (TPSA) is 70.5 Å². The molecule has 1 aromatic heterocycles. The Bertz CT molecular complexity index is 1110. The highest BCUT2D eigenvalue weighted by Crippen LogP contribution is 2.41. The summed E-state index contributed by atoms with van der Waals surface area (Å²) in [7, 11) is 0. The summed E-state index contributed by atoms with van der Waals surface area (Å²) in [6.07, 6.45) is 2.28. The smallest absolute Gasteiger partial charge is 0.294 e. The number of ketones is 1. The minimum Gasteiger partial charge on any atom is -0.503 e. The zero-order chi connectivity index (χ0) is 21.1. The van der Waals surface area contributed by atoms with Gasteiger partial charge in [0, 0.05) is 23.3 Å². The van der Waals surface area contributed by atoms with E-state index in [1.807, 2.05) is 30.3 Å². The van der Waals surface area contributed by atoms with E-state index in [1.165, 1.54) is 4.90 Å². The molecule has 3 aromatic rings. The molecule has 0 fully saturated rings. The van der Waals surface area contributed by atoms with Crippen LogP contribution < -0.4 is 4.90 Å². The van der Waals surface area contributed by atoms with Crippen molar-refractivity contribution < 1.29 is 14.7 Å². The number of halogens is 1. The van der Waals surface area contributed by atoms with E-state index in [2.05, 4.69) is 4.98 Å². The maximum atomic E-state index is 13.2. The summed E-state index contributed by atoms with van der Waals surface area (Å²) in [5.74, 6) is -1.47. The highest BCUT2D eigenvalue weighted by molar-refractivity contribution is 6.31. The summed E-state index contributed by atoms with van der Waals surface area (Å²) in [6.45, 7) is 0. The summed E-state index contributed by atoms with van der Waals surface area (Å²) in [5.41, 5.74) is 2.06. The number of hydrogen-bond donors (Lipinski definition) is 1. The van der Waals surface area contributed by atoms with Gasteiger partial charge in [0.15, 0.2) is 11.5 Å². The number of Topliss-reactive ketones (excluding diaryl/α,β-unsaturated/α-hetero) is 1. The molecular weight excluding hydrogens is 400 g/mol. The van der Waals surface area contributed by atoms with Gasteiger partial charge in [0.1, 0.15) is 6.04 Å². The molecule has 1 amide bonds. The lowest BCUT2D eigenvalue weighted by Gasteiger charge is -2.26. The first-order chi connectivity index (χ1) is 14.6. The Labute approximate surface area is 179 Å². The number of rotatable bonds is 6. The van der Waals surface area contributed by atoms with Crippen LogP contribution >= 0.6 is 11.6 Å². The van der Waals surface area contributed by atoms with Crippen molar-refractivity contribution in [3.8, 4) is 0 Å². The average molecular weight is 419 g/mol. The van der Waals surface area contributed by atoms with Gasteiger partial charge in [-0.2, -0.15) is 0 Å². The Balaban J connectivity index is 1.72. The predicted octanol–water partition coefficient (Wildman–Crippen LogP) is 4.84. The molecule has 0 radical (unpaired) electrons. The van der Waals surface area contributed by atoms with Gasteiger partial charge in [-0.05, 0) is 42.3 Å². The number of aromatic nitrogens is 1. The zero-order valence-corrected chi connectivity index (χ0v) is 16.8. The highest BCUT2D eigenvalue weighted by atomic mass is 35.5. The lowest BCUT2D eigenvalue weighted by atomic mass is 9.95. The normalized spacial score (nSPS) is 16.2. The summed E-state index contributed by atoms with van der Waals surface area (Å²) < 4.78 is 0. The van der Waals surface area contributed by atoms with Crippen molar-refractivity contribution in [2.45, 2.75) is 18.9 Å². The van der Waals surface area contributed by atoms with Gasteiger partial charge in [0.2, 0.25) is 0 Å². The molecule has 1 aliphatic rings. The summed E-state index contributed by atoms with van der Waals surface area (Å²) in [6, 6.07) is 20.8. The van der Waals surface area contributed by atoms with Gasteiger partial charge in [-0.25, -0.2) is 0 Å². The van der Waals surface area contributed by atoms with Crippen molar-refractivity contribution in [1.82, 2.24) is 4.98 Å². The molecule has 6 heteroatoms. The number of carbonyl (C=O) groups is 2. The van der Waals surface area contributed by atoms with Gasteiger partial charge in [0.25, 0.3) is 5.91 Å². The minimum absolute atomic E-state index is 0.0645. The van der Waals surface area contributed by atoms with Gasteiger partial charge in [-0.15, -0.1) is 0 Å². The number of pyridine rings is 1. The number of amides is 1. The summed E-state index contributed by atoms with van der Waals surface area (Å²) in [5, 5.41) is 11.1. The van der Waals surface area contributed by atoms with Crippen LogP contribution in [0.25, 0.3) is 0 Å². The molecule has 2 heterocycles. The third kappa shape index (κ3) is 3.84. The highest BCUT2D eigenvalue weighted by Gasteiger charge is 2.44. The van der Waals surface area contributed by atoms with E-state index in [4.69, 9.17) is 11.6 Å². The van der Waals surface area contributed by atoms with E-state index in [0.717, 1.165) is 5.56 Å². The van der Waals surface area contributed by atoms with Crippen LogP contribution in [0.15, 0.2) is 90.3 Å². The Morgan fingerprint density at radius 3 is 2.50 bits per heavy atom. The van der Waals surface area contributed by atoms with Gasteiger partial charge in [0.05, 0.1) is 11.3 Å². The number of anilines is 1. The molecule has 2 aromatic carbocycles. The van der Waals surface area contributed by atoms with E-state index in [0.29, 0.717) is 22.8 Å². The first-order valence-corrected chi connectivity index (χ1v) is 9.94. The first kappa shape index (κ1) is 19.9. The molecule has 1 N–H and O–H groups in total. The SMILES string of the molecule is O=C(CCc1ccccc1)C1=C(O)C(=O)N(c2cccc(Cl)c2)C1c1ccccn1. The molecule has 0 aliphatic carbocycles. The molecule has 0 spiro atoms. The second-order valence-electron chi connectivity index (χ2n) is 6.98. The van der Waals surface area contributed by atoms with Crippen molar-refractivity contribution >= 4 is 29.0 Å². The third-order valence-electron chi connectivity index (χ3n) is 5.05. The minimum atomic E-state index is -0.819. The van der Waals surface area contributed by atoms with Gasteiger partial charge < -0.3 is 5.11 Å². The third-order valence-corrected chi connectivity index (χ3v) is 5.28. The molecule has 1 atom stereocenters. The molecule has 4 rings (SSSR count). The Kier molecular flexibility index (Phi) is 5.63. The maximum Gasteiger partial charge on any atom is 0.294 e. The Hall–Kier alpha value is -3.44. The number of aliphatic hydroxyl groups is 1. The molecule has 0 saturated heterocycles. The van der Waals surface area contributed by atoms with Crippen LogP contribution in [0.5, 0.6) is 0 Å². The molecule has 1 aliphatic heterocycles. The monoisotopic (exact) mass is 418 g/mol. The Morgan fingerprint density at radius 2 is 1.80 bits per heavy atom. The quantitative estimate of drug-likeness (QED) is 0.622. The van der Waals surface area contributed by atoms with Crippen molar-refractivity contribution in [2.24, 2.45) is 0 Å². The van der Waals surface area contributed by atoms with E-state index in [-0.39, 0.29) is 17.8 Å². The predicted molar refractivity (Wildman–Crippen MR) is 115 cm³/mol. The van der Waals surface area contributed by atoms with Gasteiger partial charge in [-0.1, -0.05) is 54.1 Å². The molecule has 150 valence electrons.